The molecule has 1 fully saturated rings. The molecule has 100 valence electrons. The second-order valence-electron chi connectivity index (χ2n) is 4.97. The first kappa shape index (κ1) is 13.6. The van der Waals surface area contributed by atoms with Crippen LogP contribution in [-0.2, 0) is 4.79 Å². The second-order valence-corrected chi connectivity index (χ2v) is 5.95. The van der Waals surface area contributed by atoms with Gasteiger partial charge in [-0.05, 0) is 30.7 Å². The van der Waals surface area contributed by atoms with E-state index in [2.05, 4.69) is 29.8 Å². The Morgan fingerprint density at radius 1 is 1.61 bits per heavy atom. The van der Waals surface area contributed by atoms with Gasteiger partial charge >= 0.3 is 0 Å². The van der Waals surface area contributed by atoms with E-state index < -0.39 is 0 Å². The van der Waals surface area contributed by atoms with E-state index in [-0.39, 0.29) is 5.91 Å². The molecule has 1 amide bonds. The van der Waals surface area contributed by atoms with Crippen molar-refractivity contribution in [2.75, 3.05) is 13.6 Å². The maximum atomic E-state index is 12.0. The molecule has 1 aromatic heterocycles. The quantitative estimate of drug-likeness (QED) is 0.823. The lowest BCUT2D eigenvalue weighted by atomic mass is 10.1. The Labute approximate surface area is 113 Å². The Bertz CT molecular complexity index is 373. The van der Waals surface area contributed by atoms with Crippen LogP contribution >= 0.6 is 11.3 Å². The molecule has 3 nitrogen and oxygen atoms in total. The van der Waals surface area contributed by atoms with Crippen molar-refractivity contribution >= 4 is 17.2 Å². The van der Waals surface area contributed by atoms with Crippen molar-refractivity contribution in [1.29, 1.82) is 0 Å². The number of carbonyl (C=O) groups excluding carboxylic acids is 1. The summed E-state index contributed by atoms with van der Waals surface area (Å²) in [6.45, 7) is 2.63. The second kappa shape index (κ2) is 6.34. The van der Waals surface area contributed by atoms with Crippen LogP contribution in [0.5, 0.6) is 0 Å². The SMILES string of the molecule is CCCC(NCC(=O)N(C)C1CC1)c1cccs1. The van der Waals surface area contributed by atoms with E-state index in [1.165, 1.54) is 17.7 Å². The van der Waals surface area contributed by atoms with E-state index in [1.807, 2.05) is 11.9 Å². The number of amides is 1. The predicted molar refractivity (Wildman–Crippen MR) is 75.8 cm³/mol. The van der Waals surface area contributed by atoms with E-state index >= 15 is 0 Å². The summed E-state index contributed by atoms with van der Waals surface area (Å²) in [5.74, 6) is 0.218. The Morgan fingerprint density at radius 3 is 2.94 bits per heavy atom. The average molecular weight is 266 g/mol. The first-order valence-electron chi connectivity index (χ1n) is 6.74. The van der Waals surface area contributed by atoms with Gasteiger partial charge in [0.25, 0.3) is 0 Å². The number of nitrogens with one attached hydrogen (secondary N) is 1. The maximum Gasteiger partial charge on any atom is 0.236 e. The molecule has 0 spiro atoms. The highest BCUT2D eigenvalue weighted by molar-refractivity contribution is 7.10. The zero-order chi connectivity index (χ0) is 13.0. The summed E-state index contributed by atoms with van der Waals surface area (Å²) in [6.07, 6.45) is 4.56. The van der Waals surface area contributed by atoms with Crippen LogP contribution in [0.1, 0.15) is 43.5 Å². The van der Waals surface area contributed by atoms with Gasteiger partial charge in [0, 0.05) is 24.0 Å². The van der Waals surface area contributed by atoms with E-state index in [1.54, 1.807) is 11.3 Å². The highest BCUT2D eigenvalue weighted by Crippen LogP contribution is 2.26. The Balaban J connectivity index is 1.83. The standard InChI is InChI=1S/C14H22N2OS/c1-3-5-12(13-6-4-9-18-13)15-10-14(17)16(2)11-7-8-11/h4,6,9,11-12,15H,3,5,7-8,10H2,1-2H3. The fraction of sp³-hybridized carbons (Fsp3) is 0.643. The van der Waals surface area contributed by atoms with Crippen LogP contribution in [0.2, 0.25) is 0 Å². The van der Waals surface area contributed by atoms with Crippen LogP contribution in [0.15, 0.2) is 17.5 Å². The first-order valence-corrected chi connectivity index (χ1v) is 7.62. The smallest absolute Gasteiger partial charge is 0.236 e. The summed E-state index contributed by atoms with van der Waals surface area (Å²) in [6, 6.07) is 5.05. The number of nitrogens with zero attached hydrogens (tertiary/aromatic N) is 1. The molecule has 0 aromatic carbocycles. The van der Waals surface area contributed by atoms with Gasteiger partial charge in [-0.25, -0.2) is 0 Å². The Hall–Kier alpha value is -0.870. The average Bonchev–Trinajstić information content (AvgIpc) is 3.08. The number of thiophene rings is 1. The number of likely N-dealkylation sites (N-methyl/N-ethyl adjacent to an activating group) is 1. The number of hydrogen-bond donors (Lipinski definition) is 1. The van der Waals surface area contributed by atoms with Gasteiger partial charge in [0.1, 0.15) is 0 Å². The molecule has 1 unspecified atom stereocenters. The van der Waals surface area contributed by atoms with Gasteiger partial charge in [0.2, 0.25) is 5.91 Å². The van der Waals surface area contributed by atoms with Crippen molar-refractivity contribution < 1.29 is 4.79 Å². The van der Waals surface area contributed by atoms with Gasteiger partial charge in [-0.3, -0.25) is 4.79 Å². The molecule has 4 heteroatoms. The number of carbonyl (C=O) groups is 1. The third kappa shape index (κ3) is 3.56. The van der Waals surface area contributed by atoms with Crippen molar-refractivity contribution in [3.63, 3.8) is 0 Å². The van der Waals surface area contributed by atoms with Crippen LogP contribution in [-0.4, -0.2) is 30.4 Å². The molecule has 1 saturated carbocycles. The van der Waals surface area contributed by atoms with Crippen molar-refractivity contribution in [1.82, 2.24) is 10.2 Å². The molecule has 1 aliphatic rings. The summed E-state index contributed by atoms with van der Waals surface area (Å²) in [7, 11) is 1.92. The van der Waals surface area contributed by atoms with Crippen molar-refractivity contribution in [2.45, 2.75) is 44.7 Å². The van der Waals surface area contributed by atoms with E-state index in [0.717, 1.165) is 12.8 Å². The minimum atomic E-state index is 0.218. The maximum absolute atomic E-state index is 12.0. The zero-order valence-electron chi connectivity index (χ0n) is 11.2. The predicted octanol–water partition coefficient (Wildman–Crippen LogP) is 2.80. The fourth-order valence-corrected chi connectivity index (χ4v) is 2.96. The molecule has 1 atom stereocenters. The van der Waals surface area contributed by atoms with Crippen LogP contribution in [0, 0.1) is 0 Å². The third-order valence-corrected chi connectivity index (χ3v) is 4.44. The molecule has 18 heavy (non-hydrogen) atoms. The van der Waals surface area contributed by atoms with Crippen molar-refractivity contribution in [2.24, 2.45) is 0 Å². The lowest BCUT2D eigenvalue weighted by Crippen LogP contribution is -2.38. The van der Waals surface area contributed by atoms with Crippen molar-refractivity contribution in [3.8, 4) is 0 Å². The van der Waals surface area contributed by atoms with Gasteiger partial charge in [-0.15, -0.1) is 11.3 Å². The van der Waals surface area contributed by atoms with E-state index in [9.17, 15) is 4.79 Å². The Kier molecular flexibility index (Phi) is 4.78. The third-order valence-electron chi connectivity index (χ3n) is 3.45. The summed E-state index contributed by atoms with van der Waals surface area (Å²) < 4.78 is 0. The molecule has 1 aliphatic carbocycles. The van der Waals surface area contributed by atoms with Gasteiger partial charge < -0.3 is 10.2 Å². The summed E-state index contributed by atoms with van der Waals surface area (Å²) in [5.41, 5.74) is 0. The molecule has 0 bridgehead atoms. The normalized spacial score (nSPS) is 16.6. The van der Waals surface area contributed by atoms with Gasteiger partial charge in [-0.2, -0.15) is 0 Å². The minimum Gasteiger partial charge on any atom is -0.342 e. The summed E-state index contributed by atoms with van der Waals surface area (Å²) in [4.78, 5) is 15.2. The van der Waals surface area contributed by atoms with Crippen molar-refractivity contribution in [3.05, 3.63) is 22.4 Å². The molecule has 0 aliphatic heterocycles. The molecular weight excluding hydrogens is 244 g/mol. The van der Waals surface area contributed by atoms with Crippen LogP contribution in [0.4, 0.5) is 0 Å². The van der Waals surface area contributed by atoms with Crippen LogP contribution < -0.4 is 5.32 Å². The molecule has 0 radical (unpaired) electrons. The zero-order valence-corrected chi connectivity index (χ0v) is 12.0. The minimum absolute atomic E-state index is 0.218. The largest absolute Gasteiger partial charge is 0.342 e. The molecule has 1 N–H and O–H groups in total. The first-order chi connectivity index (χ1) is 8.72. The molecule has 1 aromatic rings. The highest BCUT2D eigenvalue weighted by atomic mass is 32.1. The Morgan fingerprint density at radius 2 is 2.39 bits per heavy atom. The highest BCUT2D eigenvalue weighted by Gasteiger charge is 2.29. The molecule has 2 rings (SSSR count). The topological polar surface area (TPSA) is 32.3 Å². The molecule has 0 saturated heterocycles. The van der Waals surface area contributed by atoms with E-state index in [4.69, 9.17) is 0 Å². The van der Waals surface area contributed by atoms with E-state index in [0.29, 0.717) is 18.6 Å². The van der Waals surface area contributed by atoms with Gasteiger partial charge in [-0.1, -0.05) is 19.4 Å². The lowest BCUT2D eigenvalue weighted by molar-refractivity contribution is -0.129. The number of hydrogen-bond acceptors (Lipinski definition) is 3. The monoisotopic (exact) mass is 266 g/mol. The molecular formula is C14H22N2OS. The fourth-order valence-electron chi connectivity index (χ4n) is 2.12. The van der Waals surface area contributed by atoms with Crippen LogP contribution in [0.25, 0.3) is 0 Å². The van der Waals surface area contributed by atoms with Gasteiger partial charge in [0.05, 0.1) is 6.54 Å². The lowest BCUT2D eigenvalue weighted by Gasteiger charge is -2.20. The summed E-state index contributed by atoms with van der Waals surface area (Å²) in [5, 5.41) is 5.50. The summed E-state index contributed by atoms with van der Waals surface area (Å²) >= 11 is 1.76. The number of rotatable bonds is 7. The van der Waals surface area contributed by atoms with Gasteiger partial charge in [0.15, 0.2) is 0 Å². The van der Waals surface area contributed by atoms with Crippen LogP contribution in [0.3, 0.4) is 0 Å². The molecule has 1 heterocycles.